The molecule has 0 unspecified atom stereocenters. The van der Waals surface area contributed by atoms with Crippen LogP contribution in [0.5, 0.6) is 17.2 Å². The molecule has 3 heterocycles. The van der Waals surface area contributed by atoms with Crippen molar-refractivity contribution in [3.8, 4) is 17.2 Å². The second-order valence-electron chi connectivity index (χ2n) is 8.51. The number of hydrogen-bond acceptors (Lipinski definition) is 12. The molecule has 0 amide bonds. The second-order valence-corrected chi connectivity index (χ2v) is 8.51. The van der Waals surface area contributed by atoms with Gasteiger partial charge in [0.1, 0.15) is 34.3 Å². The summed E-state index contributed by atoms with van der Waals surface area (Å²) < 4.78 is 0. The average Bonchev–Trinajstić information content (AvgIpc) is 2.96. The van der Waals surface area contributed by atoms with E-state index in [2.05, 4.69) is 15.0 Å². The number of hydrogen-bond donors (Lipinski definition) is 3. The summed E-state index contributed by atoms with van der Waals surface area (Å²) in [6.07, 6.45) is 0. The van der Waals surface area contributed by atoms with Crippen molar-refractivity contribution in [1.29, 1.82) is 0 Å². The molecule has 0 saturated heterocycles. The van der Waals surface area contributed by atoms with Crippen LogP contribution in [0.4, 0.5) is 0 Å². The molecule has 3 aromatic carbocycles. The molecule has 3 N–H and O–H groups in total. The van der Waals surface area contributed by atoms with E-state index in [4.69, 9.17) is 0 Å². The van der Waals surface area contributed by atoms with E-state index >= 15 is 0 Å². The summed E-state index contributed by atoms with van der Waals surface area (Å²) in [6.45, 7) is 0. The molecule has 0 bridgehead atoms. The maximum Gasteiger partial charge on any atom is 3.00 e. The Bertz CT molecular complexity index is 1760. The van der Waals surface area contributed by atoms with Gasteiger partial charge in [-0.05, 0) is 36.4 Å². The molecular formula is C30H18FeN3O9. The summed E-state index contributed by atoms with van der Waals surface area (Å²) in [5.41, 5.74) is 0.273. The third kappa shape index (κ3) is 7.50. The summed E-state index contributed by atoms with van der Waals surface area (Å²) in [7, 11) is 0. The van der Waals surface area contributed by atoms with E-state index < -0.39 is 35.0 Å². The topological polar surface area (TPSA) is 220 Å². The Balaban J connectivity index is 0.000000175. The first kappa shape index (κ1) is 31.7. The molecule has 6 rings (SSSR count). The molecule has 43 heavy (non-hydrogen) atoms. The van der Waals surface area contributed by atoms with Crippen LogP contribution >= 0.6 is 0 Å². The van der Waals surface area contributed by atoms with Gasteiger partial charge in [-0.1, -0.05) is 54.6 Å². The first-order valence-electron chi connectivity index (χ1n) is 12.0. The minimum Gasteiger partial charge on any atom is -0.543 e. The molecule has 0 aliphatic rings. The van der Waals surface area contributed by atoms with Gasteiger partial charge in [0.25, 0.3) is 0 Å². The number of aromatic carboxylic acids is 3. The zero-order chi connectivity index (χ0) is 30.4. The molecular weight excluding hydrogens is 602 g/mol. The summed E-state index contributed by atoms with van der Waals surface area (Å²) >= 11 is 0. The second kappa shape index (κ2) is 13.7. The van der Waals surface area contributed by atoms with Crippen molar-refractivity contribution in [3.63, 3.8) is 0 Å². The number of nitrogens with zero attached hydrogens (tertiary/aromatic N) is 3. The number of carboxylic acids is 3. The van der Waals surface area contributed by atoms with Gasteiger partial charge >= 0.3 is 17.1 Å². The van der Waals surface area contributed by atoms with Gasteiger partial charge in [-0.2, -0.15) is 0 Å². The van der Waals surface area contributed by atoms with Crippen molar-refractivity contribution in [3.05, 3.63) is 108 Å². The summed E-state index contributed by atoms with van der Waals surface area (Å²) in [5.74, 6) is -5.55. The number of carbonyl (C=O) groups is 3. The van der Waals surface area contributed by atoms with Gasteiger partial charge < -0.3 is 45.0 Å². The monoisotopic (exact) mass is 620 g/mol. The van der Waals surface area contributed by atoms with Gasteiger partial charge in [-0.15, -0.1) is 0 Å². The SMILES string of the molecule is O=C([O-])c1nc2ccccc2cc1O.O=C([O-])c1nc2ccccc2cc1O.O=C([O-])c1nc2ccccc2cc1O.[Fe+3]. The molecule has 215 valence electrons. The van der Waals surface area contributed by atoms with Gasteiger partial charge in [-0.25, -0.2) is 15.0 Å². The molecule has 0 saturated carbocycles. The molecule has 12 nitrogen and oxygen atoms in total. The number of aromatic hydroxyl groups is 3. The molecule has 0 aliphatic carbocycles. The quantitative estimate of drug-likeness (QED) is 0.235. The van der Waals surface area contributed by atoms with Crippen molar-refractivity contribution in [2.45, 2.75) is 0 Å². The van der Waals surface area contributed by atoms with Gasteiger partial charge in [-0.3, -0.25) is 0 Å². The fourth-order valence-electron chi connectivity index (χ4n) is 3.76. The van der Waals surface area contributed by atoms with Crippen LogP contribution in [-0.4, -0.2) is 48.2 Å². The van der Waals surface area contributed by atoms with Crippen LogP contribution in [0.1, 0.15) is 31.5 Å². The van der Waals surface area contributed by atoms with Crippen molar-refractivity contribution >= 4 is 50.6 Å². The molecule has 0 spiro atoms. The Morgan fingerprint density at radius 3 is 0.930 bits per heavy atom. The van der Waals surface area contributed by atoms with Crippen LogP contribution < -0.4 is 15.3 Å². The van der Waals surface area contributed by atoms with Crippen molar-refractivity contribution in [2.24, 2.45) is 0 Å². The van der Waals surface area contributed by atoms with E-state index in [1.165, 1.54) is 18.2 Å². The van der Waals surface area contributed by atoms with E-state index in [0.29, 0.717) is 32.7 Å². The Morgan fingerprint density at radius 1 is 0.465 bits per heavy atom. The normalized spacial score (nSPS) is 10.0. The zero-order valence-corrected chi connectivity index (χ0v) is 22.8. The predicted octanol–water partition coefficient (Wildman–Crippen LogP) is 0.909. The molecule has 0 fully saturated rings. The van der Waals surface area contributed by atoms with Crippen molar-refractivity contribution in [2.75, 3.05) is 0 Å². The minimum absolute atomic E-state index is 0. The molecule has 0 aliphatic heterocycles. The number of para-hydroxylation sites is 3. The number of carbonyl (C=O) groups excluding carboxylic acids is 3. The molecule has 1 radical (unpaired) electrons. The van der Waals surface area contributed by atoms with Crippen LogP contribution in [0, 0.1) is 0 Å². The number of rotatable bonds is 3. The molecule has 13 heteroatoms. The Kier molecular flexibility index (Phi) is 10.1. The maximum atomic E-state index is 10.5. The number of aromatic nitrogens is 3. The van der Waals surface area contributed by atoms with E-state index in [1.807, 2.05) is 0 Å². The Hall–Kier alpha value is -5.78. The van der Waals surface area contributed by atoms with Crippen molar-refractivity contribution in [1.82, 2.24) is 15.0 Å². The van der Waals surface area contributed by atoms with Gasteiger partial charge in [0.15, 0.2) is 0 Å². The number of carboxylic acid groups (broad SMARTS) is 3. The van der Waals surface area contributed by atoms with E-state index in [0.717, 1.165) is 0 Å². The van der Waals surface area contributed by atoms with Gasteiger partial charge in [0.05, 0.1) is 34.5 Å². The standard InChI is InChI=1S/3C10H7NO3.Fe/c3*12-8-5-6-3-1-2-4-7(6)11-9(8)10(13)14;/h3*1-5,12H,(H,13,14);/q;;;+3/p-3. The summed E-state index contributed by atoms with van der Waals surface area (Å²) in [4.78, 5) is 42.9. The van der Waals surface area contributed by atoms with Crippen LogP contribution in [0.3, 0.4) is 0 Å². The van der Waals surface area contributed by atoms with Gasteiger partial charge in [0.2, 0.25) is 0 Å². The van der Waals surface area contributed by atoms with E-state index in [-0.39, 0.29) is 34.3 Å². The first-order chi connectivity index (χ1) is 20.0. The summed E-state index contributed by atoms with van der Waals surface area (Å²) in [5, 5.41) is 61.6. The third-order valence-electron chi connectivity index (χ3n) is 5.69. The first-order valence-corrected chi connectivity index (χ1v) is 12.0. The Morgan fingerprint density at radius 2 is 0.698 bits per heavy atom. The Labute approximate surface area is 252 Å². The smallest absolute Gasteiger partial charge is 0.543 e. The zero-order valence-electron chi connectivity index (χ0n) is 21.6. The summed E-state index contributed by atoms with van der Waals surface area (Å²) in [6, 6.07) is 24.8. The number of benzene rings is 3. The average molecular weight is 620 g/mol. The van der Waals surface area contributed by atoms with Crippen LogP contribution in [0.15, 0.2) is 91.0 Å². The number of fused-ring (bicyclic) bond motifs is 3. The molecule has 0 atom stereocenters. The van der Waals surface area contributed by atoms with Crippen LogP contribution in [0.2, 0.25) is 0 Å². The van der Waals surface area contributed by atoms with Crippen LogP contribution in [0.25, 0.3) is 32.7 Å². The minimum atomic E-state index is -1.48. The molecule has 6 aromatic rings. The van der Waals surface area contributed by atoms with Crippen LogP contribution in [-0.2, 0) is 17.1 Å². The van der Waals surface area contributed by atoms with E-state index in [9.17, 15) is 45.0 Å². The molecule has 3 aromatic heterocycles. The van der Waals surface area contributed by atoms with E-state index in [1.54, 1.807) is 72.8 Å². The maximum absolute atomic E-state index is 10.5. The van der Waals surface area contributed by atoms with Gasteiger partial charge in [0, 0.05) is 16.2 Å². The third-order valence-corrected chi connectivity index (χ3v) is 5.69. The largest absolute Gasteiger partial charge is 3.00 e. The fourth-order valence-corrected chi connectivity index (χ4v) is 3.76. The van der Waals surface area contributed by atoms with Crippen molar-refractivity contribution < 1.29 is 62.1 Å². The number of pyridine rings is 3. The predicted molar refractivity (Wildman–Crippen MR) is 143 cm³/mol. The fraction of sp³-hybridized carbons (Fsp3) is 0.